The second-order valence-corrected chi connectivity index (χ2v) is 8.66. The molecule has 0 aliphatic carbocycles. The minimum atomic E-state index is -0.130. The van der Waals surface area contributed by atoms with Crippen LogP contribution in [0.5, 0.6) is 5.75 Å². The van der Waals surface area contributed by atoms with Crippen molar-refractivity contribution < 1.29 is 9.53 Å². The minimum absolute atomic E-state index is 0.0963. The molecule has 0 bridgehead atoms. The highest BCUT2D eigenvalue weighted by Gasteiger charge is 2.34. The highest BCUT2D eigenvalue weighted by Crippen LogP contribution is 2.39. The van der Waals surface area contributed by atoms with Gasteiger partial charge in [-0.05, 0) is 78.3 Å². The molecule has 0 spiro atoms. The summed E-state index contributed by atoms with van der Waals surface area (Å²) in [6.45, 7) is 10.3. The van der Waals surface area contributed by atoms with Gasteiger partial charge in [-0.1, -0.05) is 19.9 Å². The van der Waals surface area contributed by atoms with Gasteiger partial charge in [0.1, 0.15) is 5.75 Å². The maximum atomic E-state index is 12.7. The molecule has 1 N–H and O–H groups in total. The number of anilines is 1. The van der Waals surface area contributed by atoms with Gasteiger partial charge >= 0.3 is 0 Å². The van der Waals surface area contributed by atoms with E-state index in [9.17, 15) is 4.79 Å². The molecule has 0 saturated carbocycles. The van der Waals surface area contributed by atoms with Crippen LogP contribution < -0.4 is 10.1 Å². The first-order valence-electron chi connectivity index (χ1n) is 9.31. The maximum absolute atomic E-state index is 12.7. The van der Waals surface area contributed by atoms with Gasteiger partial charge in [-0.25, -0.2) is 0 Å². The number of fused-ring (bicyclic) bond motifs is 1. The Bertz CT molecular complexity index is 863. The van der Waals surface area contributed by atoms with E-state index in [-0.39, 0.29) is 11.3 Å². The van der Waals surface area contributed by atoms with Gasteiger partial charge in [-0.15, -0.1) is 0 Å². The zero-order chi connectivity index (χ0) is 19.8. The van der Waals surface area contributed by atoms with Crippen LogP contribution in [0.1, 0.15) is 55.2 Å². The van der Waals surface area contributed by atoms with Gasteiger partial charge in [0, 0.05) is 29.3 Å². The number of nitrogens with zero attached hydrogens (tertiary/aromatic N) is 1. The summed E-state index contributed by atoms with van der Waals surface area (Å²) in [6, 6.07) is 12.0. The lowest BCUT2D eigenvalue weighted by Gasteiger charge is -2.42. The fraction of sp³-hybridized carbons (Fsp3) is 0.409. The van der Waals surface area contributed by atoms with Gasteiger partial charge in [-0.2, -0.15) is 0 Å². The lowest BCUT2D eigenvalue weighted by Crippen LogP contribution is -2.42. The first-order valence-corrected chi connectivity index (χ1v) is 10.1. The van der Waals surface area contributed by atoms with Crippen molar-refractivity contribution in [3.05, 3.63) is 57.6 Å². The van der Waals surface area contributed by atoms with Gasteiger partial charge in [0.05, 0.1) is 11.1 Å². The first-order chi connectivity index (χ1) is 12.7. The van der Waals surface area contributed by atoms with Crippen molar-refractivity contribution in [3.63, 3.8) is 0 Å². The van der Waals surface area contributed by atoms with Gasteiger partial charge in [-0.3, -0.25) is 9.69 Å². The van der Waals surface area contributed by atoms with Crippen LogP contribution in [-0.2, 0) is 5.41 Å². The van der Waals surface area contributed by atoms with Crippen molar-refractivity contribution in [1.82, 2.24) is 4.90 Å². The summed E-state index contributed by atoms with van der Waals surface area (Å²) in [4.78, 5) is 15.1. The number of ether oxygens (including phenoxy) is 1. The van der Waals surface area contributed by atoms with Crippen molar-refractivity contribution in [2.75, 3.05) is 25.5 Å². The monoisotopic (exact) mass is 430 g/mol. The van der Waals surface area contributed by atoms with E-state index >= 15 is 0 Å². The van der Waals surface area contributed by atoms with E-state index in [4.69, 9.17) is 4.74 Å². The Hall–Kier alpha value is -1.85. The van der Waals surface area contributed by atoms with E-state index in [1.54, 1.807) is 12.1 Å². The third-order valence-electron chi connectivity index (χ3n) is 5.29. The van der Waals surface area contributed by atoms with Crippen LogP contribution in [0.4, 0.5) is 5.69 Å². The minimum Gasteiger partial charge on any atom is -0.493 e. The van der Waals surface area contributed by atoms with E-state index < -0.39 is 0 Å². The first kappa shape index (κ1) is 19.9. The van der Waals surface area contributed by atoms with Crippen LogP contribution in [-0.4, -0.2) is 31.0 Å². The van der Waals surface area contributed by atoms with Gasteiger partial charge in [0.25, 0.3) is 5.91 Å². The Balaban J connectivity index is 1.84. The SMILES string of the molecule is CCOc1ccc(C(=O)Nc2ccc3c(c2)C(C)N(C)CC3(C)C)cc1Br. The van der Waals surface area contributed by atoms with Gasteiger partial charge in [0.2, 0.25) is 0 Å². The number of likely N-dealkylation sites (N-methyl/N-ethyl adjacent to an activating group) is 1. The average molecular weight is 431 g/mol. The number of hydrogen-bond donors (Lipinski definition) is 1. The predicted octanol–water partition coefficient (Wildman–Crippen LogP) is 5.38. The van der Waals surface area contributed by atoms with Gasteiger partial charge < -0.3 is 10.1 Å². The molecule has 3 rings (SSSR count). The van der Waals surface area contributed by atoms with Crippen molar-refractivity contribution in [3.8, 4) is 5.75 Å². The Morgan fingerprint density at radius 2 is 2.04 bits per heavy atom. The Labute approximate surface area is 170 Å². The summed E-state index contributed by atoms with van der Waals surface area (Å²) in [5.41, 5.74) is 4.14. The van der Waals surface area contributed by atoms with E-state index in [0.29, 0.717) is 18.2 Å². The van der Waals surface area contributed by atoms with Crippen molar-refractivity contribution in [2.24, 2.45) is 0 Å². The molecule has 1 unspecified atom stereocenters. The fourth-order valence-corrected chi connectivity index (χ4v) is 4.30. The van der Waals surface area contributed by atoms with E-state index in [1.165, 1.54) is 11.1 Å². The molecule has 1 amide bonds. The number of carbonyl (C=O) groups excluding carboxylic acids is 1. The standard InChI is InChI=1S/C22H27BrN2O2/c1-6-27-20-10-7-15(11-19(20)23)21(26)24-16-8-9-18-17(12-16)14(2)25(5)13-22(18,3)4/h7-12,14H,6,13H2,1-5H3,(H,24,26). The molecule has 0 fully saturated rings. The molecule has 2 aromatic rings. The van der Waals surface area contributed by atoms with Crippen molar-refractivity contribution in [1.29, 1.82) is 0 Å². The lowest BCUT2D eigenvalue weighted by molar-refractivity contribution is 0.102. The number of nitrogens with one attached hydrogen (secondary N) is 1. The Kier molecular flexibility index (Phi) is 5.63. The fourth-order valence-electron chi connectivity index (χ4n) is 3.80. The average Bonchev–Trinajstić information content (AvgIpc) is 2.61. The number of halogens is 1. The van der Waals surface area contributed by atoms with E-state index in [1.807, 2.05) is 19.1 Å². The number of benzene rings is 2. The molecule has 0 radical (unpaired) electrons. The second-order valence-electron chi connectivity index (χ2n) is 7.81. The molecule has 27 heavy (non-hydrogen) atoms. The molecular formula is C22H27BrN2O2. The number of carbonyl (C=O) groups is 1. The van der Waals surface area contributed by atoms with Crippen LogP contribution in [0, 0.1) is 0 Å². The normalized spacial score (nSPS) is 18.7. The molecule has 4 nitrogen and oxygen atoms in total. The molecule has 144 valence electrons. The molecular weight excluding hydrogens is 404 g/mol. The van der Waals surface area contributed by atoms with E-state index in [2.05, 4.69) is 66.1 Å². The zero-order valence-electron chi connectivity index (χ0n) is 16.6. The smallest absolute Gasteiger partial charge is 0.255 e. The predicted molar refractivity (Wildman–Crippen MR) is 114 cm³/mol. The largest absolute Gasteiger partial charge is 0.493 e. The molecule has 0 saturated heterocycles. The molecule has 5 heteroatoms. The summed E-state index contributed by atoms with van der Waals surface area (Å²) >= 11 is 3.47. The second kappa shape index (κ2) is 7.64. The number of amides is 1. The molecule has 1 heterocycles. The van der Waals surface area contributed by atoms with Crippen LogP contribution >= 0.6 is 15.9 Å². The molecule has 0 aromatic heterocycles. The van der Waals surface area contributed by atoms with Crippen molar-refractivity contribution >= 4 is 27.5 Å². The quantitative estimate of drug-likeness (QED) is 0.707. The third kappa shape index (κ3) is 4.04. The van der Waals surface area contributed by atoms with Crippen LogP contribution in [0.15, 0.2) is 40.9 Å². The lowest BCUT2D eigenvalue weighted by atomic mass is 9.76. The molecule has 1 atom stereocenters. The topological polar surface area (TPSA) is 41.6 Å². The van der Waals surface area contributed by atoms with E-state index in [0.717, 1.165) is 22.5 Å². The highest BCUT2D eigenvalue weighted by molar-refractivity contribution is 9.10. The summed E-state index contributed by atoms with van der Waals surface area (Å²) in [5.74, 6) is 0.608. The molecule has 1 aliphatic rings. The summed E-state index contributed by atoms with van der Waals surface area (Å²) < 4.78 is 6.29. The number of rotatable bonds is 4. The third-order valence-corrected chi connectivity index (χ3v) is 5.91. The number of hydrogen-bond acceptors (Lipinski definition) is 3. The molecule has 2 aromatic carbocycles. The zero-order valence-corrected chi connectivity index (χ0v) is 18.2. The highest BCUT2D eigenvalue weighted by atomic mass is 79.9. The summed E-state index contributed by atoms with van der Waals surface area (Å²) in [6.07, 6.45) is 0. The summed E-state index contributed by atoms with van der Waals surface area (Å²) in [5, 5.41) is 3.03. The Morgan fingerprint density at radius 1 is 1.30 bits per heavy atom. The Morgan fingerprint density at radius 3 is 2.70 bits per heavy atom. The summed E-state index contributed by atoms with van der Waals surface area (Å²) in [7, 11) is 2.15. The molecule has 1 aliphatic heterocycles. The van der Waals surface area contributed by atoms with Crippen LogP contribution in [0.2, 0.25) is 0 Å². The van der Waals surface area contributed by atoms with Crippen molar-refractivity contribution in [2.45, 2.75) is 39.2 Å². The van der Waals surface area contributed by atoms with Crippen LogP contribution in [0.3, 0.4) is 0 Å². The maximum Gasteiger partial charge on any atom is 0.255 e. The van der Waals surface area contributed by atoms with Gasteiger partial charge in [0.15, 0.2) is 0 Å². The van der Waals surface area contributed by atoms with Crippen LogP contribution in [0.25, 0.3) is 0 Å².